The van der Waals surface area contributed by atoms with Crippen molar-refractivity contribution in [1.82, 2.24) is 0 Å². The van der Waals surface area contributed by atoms with Crippen LogP contribution in [0.5, 0.6) is 0 Å². The standard InChI is InChI=1S/C22H23ClFNO3/c1-4-15-8-6-9-16(5-2)21(15)25-22(27)14(3)28-20(26)13-12-17-18(23)10-7-11-19(17)24/h6-14H,4-5H2,1-3H3,(H,25,27)/b13-12+. The maximum absolute atomic E-state index is 13.7. The second-order valence-electron chi connectivity index (χ2n) is 6.20. The molecule has 2 aromatic carbocycles. The lowest BCUT2D eigenvalue weighted by atomic mass is 10.0. The number of para-hydroxylation sites is 1. The van der Waals surface area contributed by atoms with Crippen LogP contribution in [0, 0.1) is 5.82 Å². The first kappa shape index (κ1) is 21.6. The van der Waals surface area contributed by atoms with Crippen molar-refractivity contribution in [1.29, 1.82) is 0 Å². The number of carbonyl (C=O) groups is 2. The number of anilines is 1. The van der Waals surface area contributed by atoms with Gasteiger partial charge < -0.3 is 10.1 Å². The molecule has 0 spiro atoms. The van der Waals surface area contributed by atoms with Gasteiger partial charge >= 0.3 is 5.97 Å². The molecule has 0 radical (unpaired) electrons. The van der Waals surface area contributed by atoms with Crippen molar-refractivity contribution in [3.63, 3.8) is 0 Å². The van der Waals surface area contributed by atoms with Crippen LogP contribution >= 0.6 is 11.6 Å². The van der Waals surface area contributed by atoms with Gasteiger partial charge in [0.05, 0.1) is 5.02 Å². The molecule has 0 aliphatic rings. The Morgan fingerprint density at radius 2 is 1.75 bits per heavy atom. The fourth-order valence-corrected chi connectivity index (χ4v) is 2.94. The zero-order chi connectivity index (χ0) is 20.7. The SMILES string of the molecule is CCc1cccc(CC)c1NC(=O)C(C)OC(=O)/C=C/c1c(F)cccc1Cl. The first-order chi connectivity index (χ1) is 13.4. The Labute approximate surface area is 169 Å². The van der Waals surface area contributed by atoms with E-state index >= 15 is 0 Å². The number of aryl methyl sites for hydroxylation is 2. The number of nitrogens with one attached hydrogen (secondary N) is 1. The van der Waals surface area contributed by atoms with Crippen LogP contribution < -0.4 is 5.32 Å². The molecule has 0 bridgehead atoms. The molecule has 4 nitrogen and oxygen atoms in total. The Kier molecular flexibility index (Phi) is 7.76. The third-order valence-electron chi connectivity index (χ3n) is 4.29. The minimum atomic E-state index is -1.01. The number of esters is 1. The third kappa shape index (κ3) is 5.42. The van der Waals surface area contributed by atoms with Crippen LogP contribution in [0.1, 0.15) is 37.5 Å². The maximum Gasteiger partial charge on any atom is 0.331 e. The molecule has 1 N–H and O–H groups in total. The molecule has 0 heterocycles. The van der Waals surface area contributed by atoms with Gasteiger partial charge in [-0.2, -0.15) is 0 Å². The van der Waals surface area contributed by atoms with Gasteiger partial charge in [-0.25, -0.2) is 9.18 Å². The smallest absolute Gasteiger partial charge is 0.331 e. The van der Waals surface area contributed by atoms with Crippen molar-refractivity contribution in [3.8, 4) is 0 Å². The molecular formula is C22H23ClFNO3. The van der Waals surface area contributed by atoms with Crippen molar-refractivity contribution in [2.24, 2.45) is 0 Å². The molecule has 0 fully saturated rings. The summed E-state index contributed by atoms with van der Waals surface area (Å²) < 4.78 is 18.9. The zero-order valence-corrected chi connectivity index (χ0v) is 16.8. The predicted molar refractivity (Wildman–Crippen MR) is 110 cm³/mol. The second-order valence-corrected chi connectivity index (χ2v) is 6.60. The van der Waals surface area contributed by atoms with Crippen molar-refractivity contribution in [3.05, 3.63) is 70.0 Å². The Morgan fingerprint density at radius 1 is 1.14 bits per heavy atom. The molecule has 0 saturated carbocycles. The molecule has 1 unspecified atom stereocenters. The van der Waals surface area contributed by atoms with Crippen LogP contribution in [-0.2, 0) is 27.2 Å². The normalized spacial score (nSPS) is 12.0. The molecule has 0 aromatic heterocycles. The average Bonchev–Trinajstić information content (AvgIpc) is 2.67. The molecule has 6 heteroatoms. The summed E-state index contributed by atoms with van der Waals surface area (Å²) >= 11 is 5.91. The van der Waals surface area contributed by atoms with E-state index < -0.39 is 23.8 Å². The van der Waals surface area contributed by atoms with E-state index in [1.54, 1.807) is 0 Å². The van der Waals surface area contributed by atoms with Gasteiger partial charge in [0.25, 0.3) is 5.91 Å². The number of amides is 1. The van der Waals surface area contributed by atoms with Gasteiger partial charge in [0.2, 0.25) is 0 Å². The monoisotopic (exact) mass is 403 g/mol. The van der Waals surface area contributed by atoms with Gasteiger partial charge in [0, 0.05) is 17.3 Å². The van der Waals surface area contributed by atoms with Crippen molar-refractivity contribution < 1.29 is 18.7 Å². The molecule has 1 atom stereocenters. The molecular weight excluding hydrogens is 381 g/mol. The van der Waals surface area contributed by atoms with E-state index in [1.165, 1.54) is 31.2 Å². The molecule has 0 aliphatic heterocycles. The Bertz CT molecular complexity index is 853. The van der Waals surface area contributed by atoms with E-state index in [-0.39, 0.29) is 10.6 Å². The highest BCUT2D eigenvalue weighted by molar-refractivity contribution is 6.32. The van der Waals surface area contributed by atoms with Gasteiger partial charge in [0.1, 0.15) is 5.82 Å². The van der Waals surface area contributed by atoms with Crippen LogP contribution in [0.3, 0.4) is 0 Å². The molecule has 0 saturated heterocycles. The third-order valence-corrected chi connectivity index (χ3v) is 4.62. The number of hydrogen-bond acceptors (Lipinski definition) is 3. The summed E-state index contributed by atoms with van der Waals surface area (Å²) in [5, 5.41) is 3.04. The number of hydrogen-bond donors (Lipinski definition) is 1. The number of ether oxygens (including phenoxy) is 1. The lowest BCUT2D eigenvalue weighted by Gasteiger charge is -2.17. The molecule has 0 aliphatic carbocycles. The van der Waals surface area contributed by atoms with Gasteiger partial charge in [-0.1, -0.05) is 49.7 Å². The van der Waals surface area contributed by atoms with E-state index in [1.807, 2.05) is 32.0 Å². The molecule has 1 amide bonds. The van der Waals surface area contributed by atoms with E-state index in [4.69, 9.17) is 16.3 Å². The molecule has 148 valence electrons. The van der Waals surface area contributed by atoms with Crippen LogP contribution in [0.2, 0.25) is 5.02 Å². The lowest BCUT2D eigenvalue weighted by Crippen LogP contribution is -2.30. The fourth-order valence-electron chi connectivity index (χ4n) is 2.72. The maximum atomic E-state index is 13.7. The van der Waals surface area contributed by atoms with Gasteiger partial charge in [-0.15, -0.1) is 0 Å². The summed E-state index contributed by atoms with van der Waals surface area (Å²) in [4.78, 5) is 24.5. The summed E-state index contributed by atoms with van der Waals surface area (Å²) in [5.41, 5.74) is 2.87. The number of benzene rings is 2. The summed E-state index contributed by atoms with van der Waals surface area (Å²) in [6.45, 7) is 5.50. The quantitative estimate of drug-likeness (QED) is 0.511. The zero-order valence-electron chi connectivity index (χ0n) is 16.1. The molecule has 2 rings (SSSR count). The number of carbonyl (C=O) groups excluding carboxylic acids is 2. The van der Waals surface area contributed by atoms with Crippen LogP contribution in [0.15, 0.2) is 42.5 Å². The summed E-state index contributed by atoms with van der Waals surface area (Å²) in [5.74, 6) is -1.74. The van der Waals surface area contributed by atoms with Gasteiger partial charge in [-0.05, 0) is 49.1 Å². The highest BCUT2D eigenvalue weighted by Gasteiger charge is 2.19. The van der Waals surface area contributed by atoms with Crippen LogP contribution in [0.25, 0.3) is 6.08 Å². The molecule has 28 heavy (non-hydrogen) atoms. The van der Waals surface area contributed by atoms with E-state index in [0.29, 0.717) is 0 Å². The topological polar surface area (TPSA) is 55.4 Å². The first-order valence-corrected chi connectivity index (χ1v) is 9.49. The summed E-state index contributed by atoms with van der Waals surface area (Å²) in [6, 6.07) is 10.1. The van der Waals surface area contributed by atoms with E-state index in [2.05, 4.69) is 5.32 Å². The lowest BCUT2D eigenvalue weighted by molar-refractivity contribution is -0.148. The second kappa shape index (κ2) is 10.0. The Morgan fingerprint density at radius 3 is 2.32 bits per heavy atom. The highest BCUT2D eigenvalue weighted by Crippen LogP contribution is 2.23. The fraction of sp³-hybridized carbons (Fsp3) is 0.273. The largest absolute Gasteiger partial charge is 0.449 e. The number of rotatable bonds is 7. The van der Waals surface area contributed by atoms with Crippen LogP contribution in [0.4, 0.5) is 10.1 Å². The Hall–Kier alpha value is -2.66. The summed E-state index contributed by atoms with van der Waals surface area (Å²) in [7, 11) is 0. The van der Waals surface area contributed by atoms with Gasteiger partial charge in [-0.3, -0.25) is 4.79 Å². The van der Waals surface area contributed by atoms with Gasteiger partial charge in [0.15, 0.2) is 6.10 Å². The van der Waals surface area contributed by atoms with E-state index in [9.17, 15) is 14.0 Å². The van der Waals surface area contributed by atoms with E-state index in [0.717, 1.165) is 35.7 Å². The van der Waals surface area contributed by atoms with Crippen molar-refractivity contribution >= 4 is 35.2 Å². The van der Waals surface area contributed by atoms with Crippen molar-refractivity contribution in [2.45, 2.75) is 39.7 Å². The minimum absolute atomic E-state index is 0.0858. The average molecular weight is 404 g/mol. The number of halogens is 2. The molecule has 2 aromatic rings. The van der Waals surface area contributed by atoms with Crippen molar-refractivity contribution in [2.75, 3.05) is 5.32 Å². The predicted octanol–water partition coefficient (Wildman–Crippen LogP) is 5.19. The minimum Gasteiger partial charge on any atom is -0.449 e. The highest BCUT2D eigenvalue weighted by atomic mass is 35.5. The van der Waals surface area contributed by atoms with Crippen LogP contribution in [-0.4, -0.2) is 18.0 Å². The summed E-state index contributed by atoms with van der Waals surface area (Å²) in [6.07, 6.45) is 2.80. The first-order valence-electron chi connectivity index (χ1n) is 9.11. The Balaban J connectivity index is 2.05.